The van der Waals surface area contributed by atoms with Gasteiger partial charge in [0.25, 0.3) is 0 Å². The molecule has 0 radical (unpaired) electrons. The molecule has 1 N–H and O–H groups in total. The molecule has 0 aromatic carbocycles. The average molecular weight is 287 g/mol. The molecule has 2 aromatic heterocycles. The molecular formula is C16H21N3S. The number of nitrogens with one attached hydrogen (secondary N) is 1. The summed E-state index contributed by atoms with van der Waals surface area (Å²) in [7, 11) is 0. The summed E-state index contributed by atoms with van der Waals surface area (Å²) in [6.07, 6.45) is 9.39. The lowest BCUT2D eigenvalue weighted by molar-refractivity contribution is 0.719. The van der Waals surface area contributed by atoms with E-state index < -0.39 is 0 Å². The first-order valence-corrected chi connectivity index (χ1v) is 7.92. The summed E-state index contributed by atoms with van der Waals surface area (Å²) < 4.78 is 0. The van der Waals surface area contributed by atoms with Crippen LogP contribution in [0.2, 0.25) is 0 Å². The summed E-state index contributed by atoms with van der Waals surface area (Å²) in [4.78, 5) is 10.3. The normalized spacial score (nSPS) is 10.4. The number of unbranched alkanes of at least 4 members (excludes halogenated alkanes) is 2. The van der Waals surface area contributed by atoms with E-state index in [1.807, 2.05) is 24.3 Å². The van der Waals surface area contributed by atoms with Crippen LogP contribution in [0.25, 0.3) is 0 Å². The van der Waals surface area contributed by atoms with Gasteiger partial charge in [-0.15, -0.1) is 17.9 Å². The number of allylic oxidation sites excluding steroid dienone is 1. The second kappa shape index (κ2) is 7.80. The van der Waals surface area contributed by atoms with Crippen molar-refractivity contribution < 1.29 is 0 Å². The van der Waals surface area contributed by atoms with Crippen LogP contribution >= 0.6 is 11.3 Å². The van der Waals surface area contributed by atoms with E-state index in [9.17, 15) is 0 Å². The maximum absolute atomic E-state index is 4.67. The van der Waals surface area contributed by atoms with Gasteiger partial charge in [-0.05, 0) is 25.0 Å². The van der Waals surface area contributed by atoms with E-state index in [4.69, 9.17) is 0 Å². The Morgan fingerprint density at radius 3 is 2.95 bits per heavy atom. The first kappa shape index (κ1) is 14.7. The lowest BCUT2D eigenvalue weighted by atomic mass is 10.1. The highest BCUT2D eigenvalue weighted by Gasteiger charge is 2.10. The number of aromatic nitrogens is 2. The van der Waals surface area contributed by atoms with Crippen molar-refractivity contribution in [2.75, 3.05) is 5.32 Å². The zero-order valence-corrected chi connectivity index (χ0v) is 12.7. The monoisotopic (exact) mass is 287 g/mol. The zero-order chi connectivity index (χ0) is 14.2. The molecule has 2 aromatic rings. The Kier molecular flexibility index (Phi) is 5.74. The minimum atomic E-state index is 0.835. The number of hydrogen-bond donors (Lipinski definition) is 1. The summed E-state index contributed by atoms with van der Waals surface area (Å²) in [5.41, 5.74) is 1.15. The fourth-order valence-corrected chi connectivity index (χ4v) is 3.05. The van der Waals surface area contributed by atoms with Crippen LogP contribution in [-0.4, -0.2) is 9.97 Å². The molecule has 0 saturated carbocycles. The molecule has 106 valence electrons. The summed E-state index contributed by atoms with van der Waals surface area (Å²) in [6, 6.07) is 5.83. The summed E-state index contributed by atoms with van der Waals surface area (Å²) in [5.74, 6) is 0.839. The van der Waals surface area contributed by atoms with Gasteiger partial charge in [-0.1, -0.05) is 31.9 Å². The molecule has 3 nitrogen and oxygen atoms in total. The van der Waals surface area contributed by atoms with Crippen molar-refractivity contribution in [2.45, 2.75) is 39.0 Å². The number of hydrogen-bond acceptors (Lipinski definition) is 4. The maximum atomic E-state index is 4.67. The lowest BCUT2D eigenvalue weighted by Gasteiger charge is -1.99. The van der Waals surface area contributed by atoms with Gasteiger partial charge in [0, 0.05) is 17.5 Å². The van der Waals surface area contributed by atoms with Gasteiger partial charge in [-0.2, -0.15) is 0 Å². The molecule has 0 aliphatic heterocycles. The number of aryl methyl sites for hydroxylation is 1. The third-order valence-electron chi connectivity index (χ3n) is 3.02. The molecule has 0 spiro atoms. The Bertz CT molecular complexity index is 534. The second-order valence-electron chi connectivity index (χ2n) is 4.68. The highest BCUT2D eigenvalue weighted by Crippen LogP contribution is 2.27. The van der Waals surface area contributed by atoms with Crippen LogP contribution in [0, 0.1) is 0 Å². The van der Waals surface area contributed by atoms with Crippen LogP contribution in [0.3, 0.4) is 0 Å². The van der Waals surface area contributed by atoms with Gasteiger partial charge < -0.3 is 5.32 Å². The van der Waals surface area contributed by atoms with Crippen molar-refractivity contribution in [2.24, 2.45) is 0 Å². The fourth-order valence-electron chi connectivity index (χ4n) is 2.01. The molecular weight excluding hydrogens is 266 g/mol. The zero-order valence-electron chi connectivity index (χ0n) is 11.9. The van der Waals surface area contributed by atoms with Crippen LogP contribution < -0.4 is 5.32 Å². The Morgan fingerprint density at radius 1 is 1.35 bits per heavy atom. The first-order chi connectivity index (χ1) is 9.83. The van der Waals surface area contributed by atoms with E-state index in [-0.39, 0.29) is 0 Å². The van der Waals surface area contributed by atoms with E-state index in [0.29, 0.717) is 0 Å². The minimum absolute atomic E-state index is 0.835. The van der Waals surface area contributed by atoms with Gasteiger partial charge >= 0.3 is 0 Å². The van der Waals surface area contributed by atoms with Crippen LogP contribution in [-0.2, 0) is 12.8 Å². The smallest absolute Gasteiger partial charge is 0.188 e. The molecule has 0 saturated heterocycles. The summed E-state index contributed by atoms with van der Waals surface area (Å²) in [6.45, 7) is 6.05. The van der Waals surface area contributed by atoms with E-state index in [0.717, 1.165) is 29.5 Å². The van der Waals surface area contributed by atoms with E-state index >= 15 is 0 Å². The maximum Gasteiger partial charge on any atom is 0.188 e. The standard InChI is InChI=1S/C16H21N3S/c1-3-5-6-10-14-13(9-4-2)18-16(20-14)19-15-11-7-8-12-17-15/h4,7-8,11-12H,2-3,5-6,9-10H2,1H3,(H,17,18,19). The Morgan fingerprint density at radius 2 is 2.25 bits per heavy atom. The van der Waals surface area contributed by atoms with Gasteiger partial charge in [0.1, 0.15) is 5.82 Å². The summed E-state index contributed by atoms with van der Waals surface area (Å²) in [5, 5.41) is 4.20. The number of rotatable bonds is 8. The van der Waals surface area contributed by atoms with Gasteiger partial charge in [0.15, 0.2) is 5.13 Å². The Balaban J connectivity index is 2.09. The van der Waals surface area contributed by atoms with Crippen LogP contribution in [0.1, 0.15) is 36.8 Å². The molecule has 20 heavy (non-hydrogen) atoms. The number of anilines is 2. The predicted octanol–water partition coefficient (Wildman–Crippen LogP) is 4.74. The molecule has 4 heteroatoms. The average Bonchev–Trinajstić information content (AvgIpc) is 2.83. The molecule has 2 heterocycles. The largest absolute Gasteiger partial charge is 0.316 e. The highest BCUT2D eigenvalue weighted by atomic mass is 32.1. The van der Waals surface area contributed by atoms with Gasteiger partial charge in [0.05, 0.1) is 5.69 Å². The highest BCUT2D eigenvalue weighted by molar-refractivity contribution is 7.15. The predicted molar refractivity (Wildman–Crippen MR) is 86.8 cm³/mol. The third kappa shape index (κ3) is 4.17. The SMILES string of the molecule is C=CCc1nc(Nc2ccccn2)sc1CCCCC. The lowest BCUT2D eigenvalue weighted by Crippen LogP contribution is -1.93. The Labute approximate surface area is 124 Å². The second-order valence-corrected chi connectivity index (χ2v) is 5.76. The van der Waals surface area contributed by atoms with Gasteiger partial charge in [-0.3, -0.25) is 0 Å². The van der Waals surface area contributed by atoms with Crippen molar-refractivity contribution >= 4 is 22.3 Å². The number of nitrogens with zero attached hydrogens (tertiary/aromatic N) is 2. The minimum Gasteiger partial charge on any atom is -0.316 e. The molecule has 0 unspecified atom stereocenters. The number of pyridine rings is 1. The molecule has 0 bridgehead atoms. The van der Waals surface area contributed by atoms with Gasteiger partial charge in [0.2, 0.25) is 0 Å². The molecule has 0 fully saturated rings. The van der Waals surface area contributed by atoms with Crippen molar-refractivity contribution in [3.05, 3.63) is 47.6 Å². The molecule has 0 atom stereocenters. The first-order valence-electron chi connectivity index (χ1n) is 7.11. The van der Waals surface area contributed by atoms with Crippen LogP contribution in [0.4, 0.5) is 10.9 Å². The third-order valence-corrected chi connectivity index (χ3v) is 4.10. The fraction of sp³-hybridized carbons (Fsp3) is 0.375. The van der Waals surface area contributed by atoms with E-state index in [1.165, 1.54) is 24.1 Å². The number of thiazole rings is 1. The quantitative estimate of drug-likeness (QED) is 0.562. The van der Waals surface area contributed by atoms with E-state index in [2.05, 4.69) is 28.8 Å². The topological polar surface area (TPSA) is 37.8 Å². The van der Waals surface area contributed by atoms with Crippen LogP contribution in [0.15, 0.2) is 37.1 Å². The van der Waals surface area contributed by atoms with Crippen molar-refractivity contribution in [3.8, 4) is 0 Å². The Hall–Kier alpha value is -1.68. The molecule has 0 aliphatic carbocycles. The van der Waals surface area contributed by atoms with Crippen molar-refractivity contribution in [1.29, 1.82) is 0 Å². The molecule has 0 aliphatic rings. The van der Waals surface area contributed by atoms with Gasteiger partial charge in [-0.25, -0.2) is 9.97 Å². The van der Waals surface area contributed by atoms with E-state index in [1.54, 1.807) is 17.5 Å². The van der Waals surface area contributed by atoms with Crippen molar-refractivity contribution in [3.63, 3.8) is 0 Å². The van der Waals surface area contributed by atoms with Crippen molar-refractivity contribution in [1.82, 2.24) is 9.97 Å². The molecule has 0 amide bonds. The molecule has 2 rings (SSSR count). The summed E-state index contributed by atoms with van der Waals surface area (Å²) >= 11 is 1.73. The van der Waals surface area contributed by atoms with Crippen LogP contribution in [0.5, 0.6) is 0 Å².